The van der Waals surface area contributed by atoms with Crippen molar-refractivity contribution < 1.29 is 14.3 Å². The number of nitrogens with one attached hydrogen (secondary N) is 3. The van der Waals surface area contributed by atoms with Gasteiger partial charge < -0.3 is 20.7 Å². The Kier molecular flexibility index (Phi) is 7.49. The molecule has 0 spiro atoms. The van der Waals surface area contributed by atoms with Gasteiger partial charge in [-0.15, -0.1) is 0 Å². The quantitative estimate of drug-likeness (QED) is 0.613. The van der Waals surface area contributed by atoms with Gasteiger partial charge in [0.2, 0.25) is 5.91 Å². The van der Waals surface area contributed by atoms with Crippen molar-refractivity contribution in [3.8, 4) is 0 Å². The first-order valence-electron chi connectivity index (χ1n) is 6.46. The highest BCUT2D eigenvalue weighted by atomic mass is 35.5. The van der Waals surface area contributed by atoms with Gasteiger partial charge in [-0.2, -0.15) is 0 Å². The van der Waals surface area contributed by atoms with E-state index in [-0.39, 0.29) is 29.6 Å². The van der Waals surface area contributed by atoms with Crippen LogP contribution in [0.1, 0.15) is 16.9 Å². The lowest BCUT2D eigenvalue weighted by Crippen LogP contribution is -2.32. The Labute approximate surface area is 128 Å². The summed E-state index contributed by atoms with van der Waals surface area (Å²) in [5, 5.41) is 8.35. The van der Waals surface area contributed by atoms with E-state index in [1.807, 2.05) is 0 Å². The monoisotopic (exact) mass is 314 g/mol. The molecule has 0 unspecified atom stereocenters. The average molecular weight is 315 g/mol. The smallest absolute Gasteiger partial charge is 0.271 e. The van der Waals surface area contributed by atoms with Crippen LogP contribution in [-0.4, -0.2) is 50.7 Å². The molecule has 0 aromatic carbocycles. The molecule has 1 aromatic heterocycles. The van der Waals surface area contributed by atoms with E-state index in [1.54, 1.807) is 26.3 Å². The molecule has 2 amide bonds. The summed E-state index contributed by atoms with van der Waals surface area (Å²) in [7, 11) is 3.25. The van der Waals surface area contributed by atoms with Gasteiger partial charge in [-0.25, -0.2) is 4.98 Å². The zero-order chi connectivity index (χ0) is 15.7. The van der Waals surface area contributed by atoms with Crippen molar-refractivity contribution in [2.45, 2.75) is 6.42 Å². The molecule has 1 aromatic rings. The molecule has 3 N–H and O–H groups in total. The summed E-state index contributed by atoms with van der Waals surface area (Å²) >= 11 is 5.93. The molecule has 1 heterocycles. The van der Waals surface area contributed by atoms with E-state index in [2.05, 4.69) is 20.9 Å². The Morgan fingerprint density at radius 2 is 2.05 bits per heavy atom. The minimum absolute atomic E-state index is 0.128. The van der Waals surface area contributed by atoms with E-state index in [0.29, 0.717) is 19.0 Å². The fourth-order valence-corrected chi connectivity index (χ4v) is 1.69. The number of aromatic nitrogens is 1. The summed E-state index contributed by atoms with van der Waals surface area (Å²) in [6, 6.07) is 3.26. The fourth-order valence-electron chi connectivity index (χ4n) is 1.49. The first kappa shape index (κ1) is 17.2. The van der Waals surface area contributed by atoms with E-state index in [4.69, 9.17) is 16.3 Å². The molecule has 0 aliphatic rings. The van der Waals surface area contributed by atoms with Crippen LogP contribution in [0.25, 0.3) is 0 Å². The van der Waals surface area contributed by atoms with E-state index in [9.17, 15) is 9.59 Å². The predicted molar refractivity (Wildman–Crippen MR) is 80.6 cm³/mol. The van der Waals surface area contributed by atoms with Crippen molar-refractivity contribution in [1.82, 2.24) is 15.6 Å². The first-order chi connectivity index (χ1) is 10.1. The highest BCUT2D eigenvalue weighted by Gasteiger charge is 2.13. The molecule has 0 atom stereocenters. The Morgan fingerprint density at radius 3 is 2.71 bits per heavy atom. The number of ether oxygens (including phenoxy) is 1. The zero-order valence-electron chi connectivity index (χ0n) is 12.0. The van der Waals surface area contributed by atoms with E-state index >= 15 is 0 Å². The number of hydrogen-bond acceptors (Lipinski definition) is 5. The maximum atomic E-state index is 11.9. The third kappa shape index (κ3) is 5.97. The molecule has 8 heteroatoms. The lowest BCUT2D eigenvalue weighted by atomic mass is 10.3. The van der Waals surface area contributed by atoms with Gasteiger partial charge in [-0.1, -0.05) is 11.6 Å². The summed E-state index contributed by atoms with van der Waals surface area (Å²) in [4.78, 5) is 27.4. The van der Waals surface area contributed by atoms with Crippen LogP contribution in [0.3, 0.4) is 0 Å². The van der Waals surface area contributed by atoms with Crippen LogP contribution in [0.5, 0.6) is 0 Å². The minimum Gasteiger partial charge on any atom is -0.383 e. The molecule has 0 bridgehead atoms. The number of carbonyl (C=O) groups excluding carboxylic acids is 2. The molecule has 1 rings (SSSR count). The van der Waals surface area contributed by atoms with Crippen LogP contribution in [0.15, 0.2) is 12.1 Å². The van der Waals surface area contributed by atoms with Crippen molar-refractivity contribution in [2.24, 2.45) is 0 Å². The molecule has 0 saturated heterocycles. The lowest BCUT2D eigenvalue weighted by molar-refractivity contribution is -0.121. The van der Waals surface area contributed by atoms with Gasteiger partial charge in [-0.3, -0.25) is 9.59 Å². The molecule has 0 saturated carbocycles. The number of pyridine rings is 1. The Hall–Kier alpha value is -1.86. The third-order valence-electron chi connectivity index (χ3n) is 2.58. The molecule has 7 nitrogen and oxygen atoms in total. The number of hydrogen-bond donors (Lipinski definition) is 3. The van der Waals surface area contributed by atoms with Crippen molar-refractivity contribution in [3.63, 3.8) is 0 Å². The second kappa shape index (κ2) is 9.15. The molecule has 116 valence electrons. The van der Waals surface area contributed by atoms with Crippen molar-refractivity contribution in [3.05, 3.63) is 22.8 Å². The van der Waals surface area contributed by atoms with E-state index in [0.717, 1.165) is 0 Å². The lowest BCUT2D eigenvalue weighted by Gasteiger charge is -2.08. The van der Waals surface area contributed by atoms with Gasteiger partial charge in [0, 0.05) is 33.7 Å². The van der Waals surface area contributed by atoms with Gasteiger partial charge >= 0.3 is 0 Å². The number of carbonyl (C=O) groups is 2. The summed E-state index contributed by atoms with van der Waals surface area (Å²) in [5.41, 5.74) is 0.128. The summed E-state index contributed by atoms with van der Waals surface area (Å²) in [6.45, 7) is 1.11. The second-order valence-electron chi connectivity index (χ2n) is 4.13. The number of rotatable bonds is 8. The van der Waals surface area contributed by atoms with Crippen LogP contribution in [-0.2, 0) is 9.53 Å². The summed E-state index contributed by atoms with van der Waals surface area (Å²) in [6.07, 6.45) is 0.179. The fraction of sp³-hybridized carbons (Fsp3) is 0.462. The number of anilines is 1. The van der Waals surface area contributed by atoms with Crippen molar-refractivity contribution in [1.29, 1.82) is 0 Å². The van der Waals surface area contributed by atoms with Crippen molar-refractivity contribution in [2.75, 3.05) is 39.2 Å². The van der Waals surface area contributed by atoms with Gasteiger partial charge in [0.05, 0.1) is 11.6 Å². The Balaban J connectivity index is 2.42. The highest BCUT2D eigenvalue weighted by Crippen LogP contribution is 2.16. The van der Waals surface area contributed by atoms with Gasteiger partial charge in [-0.05, 0) is 12.1 Å². The van der Waals surface area contributed by atoms with Gasteiger partial charge in [0.25, 0.3) is 5.91 Å². The summed E-state index contributed by atoms with van der Waals surface area (Å²) < 4.78 is 4.81. The standard InChI is InChI=1S/C13H19ClN4O3/c1-15-10-4-3-9(14)12(18-10)13(20)17-6-5-11(19)16-7-8-21-2/h3-4H,5-8H2,1-2H3,(H,15,18)(H,16,19)(H,17,20). The maximum Gasteiger partial charge on any atom is 0.271 e. The van der Waals surface area contributed by atoms with Crippen LogP contribution >= 0.6 is 11.6 Å². The number of amides is 2. The SMILES string of the molecule is CNc1ccc(Cl)c(C(=O)NCCC(=O)NCCOC)n1. The Bertz CT molecular complexity index is 496. The molecule has 0 aliphatic carbocycles. The predicted octanol–water partition coefficient (Wildman–Crippen LogP) is 0.659. The molecular weight excluding hydrogens is 296 g/mol. The first-order valence-corrected chi connectivity index (χ1v) is 6.84. The number of nitrogens with zero attached hydrogens (tertiary/aromatic N) is 1. The minimum atomic E-state index is -0.415. The Morgan fingerprint density at radius 1 is 1.29 bits per heavy atom. The molecular formula is C13H19ClN4O3. The van der Waals surface area contributed by atoms with Crippen LogP contribution < -0.4 is 16.0 Å². The number of halogens is 1. The van der Waals surface area contributed by atoms with Gasteiger partial charge in [0.15, 0.2) is 0 Å². The van der Waals surface area contributed by atoms with Crippen LogP contribution in [0.4, 0.5) is 5.82 Å². The largest absolute Gasteiger partial charge is 0.383 e. The van der Waals surface area contributed by atoms with Crippen molar-refractivity contribution >= 4 is 29.2 Å². The van der Waals surface area contributed by atoms with E-state index < -0.39 is 5.91 Å². The average Bonchev–Trinajstić information content (AvgIpc) is 2.48. The molecule has 21 heavy (non-hydrogen) atoms. The normalized spacial score (nSPS) is 10.0. The molecule has 0 fully saturated rings. The maximum absolute atomic E-state index is 11.9. The topological polar surface area (TPSA) is 92.4 Å². The summed E-state index contributed by atoms with van der Waals surface area (Å²) in [5.74, 6) is -0.0287. The van der Waals surface area contributed by atoms with Crippen LogP contribution in [0.2, 0.25) is 5.02 Å². The van der Waals surface area contributed by atoms with E-state index in [1.165, 1.54) is 0 Å². The molecule has 0 aliphatic heterocycles. The third-order valence-corrected chi connectivity index (χ3v) is 2.89. The van der Waals surface area contributed by atoms with Crippen LogP contribution in [0, 0.1) is 0 Å². The zero-order valence-corrected chi connectivity index (χ0v) is 12.8. The second-order valence-corrected chi connectivity index (χ2v) is 4.53. The van der Waals surface area contributed by atoms with Gasteiger partial charge in [0.1, 0.15) is 11.5 Å². The number of methoxy groups -OCH3 is 1. The highest BCUT2D eigenvalue weighted by molar-refractivity contribution is 6.33. The molecule has 0 radical (unpaired) electrons.